The molecule has 0 bridgehead atoms. The number of rotatable bonds is 7. The molecule has 1 aliphatic heterocycles. The number of nitrogens with one attached hydrogen (secondary N) is 2. The molecule has 9 nitrogen and oxygen atoms in total. The maximum absolute atomic E-state index is 12.5. The van der Waals surface area contributed by atoms with Crippen LogP contribution in [0.2, 0.25) is 0 Å². The minimum absolute atomic E-state index is 0.123. The number of nitrogens with zero attached hydrogens (tertiary/aromatic N) is 2. The van der Waals surface area contributed by atoms with Gasteiger partial charge in [0.15, 0.2) is 11.5 Å². The van der Waals surface area contributed by atoms with E-state index in [1.807, 2.05) is 6.92 Å². The van der Waals surface area contributed by atoms with Crippen molar-refractivity contribution in [2.24, 2.45) is 0 Å². The van der Waals surface area contributed by atoms with E-state index in [0.717, 1.165) is 11.3 Å². The molecule has 130 valence electrons. The van der Waals surface area contributed by atoms with Crippen LogP contribution in [0.25, 0.3) is 0 Å². The number of unbranched alkanes of at least 4 members (excludes halogenated alkanes) is 1. The molecule has 0 fully saturated rings. The summed E-state index contributed by atoms with van der Waals surface area (Å²) in [7, 11) is 0. The van der Waals surface area contributed by atoms with Crippen molar-refractivity contribution in [2.45, 2.75) is 45.2 Å². The summed E-state index contributed by atoms with van der Waals surface area (Å²) in [6.07, 6.45) is 4.60. The van der Waals surface area contributed by atoms with Gasteiger partial charge in [0.25, 0.3) is 11.8 Å². The number of carbonyl (C=O) groups excluding carboxylic acids is 3. The topological polar surface area (TPSA) is 136 Å². The molecule has 1 aliphatic rings. The molecule has 0 saturated heterocycles. The molecule has 2 atom stereocenters. The zero-order valence-electron chi connectivity index (χ0n) is 13.4. The molecule has 1 aromatic rings. The number of amides is 2. The van der Waals surface area contributed by atoms with Gasteiger partial charge in [0.1, 0.15) is 17.9 Å². The zero-order valence-corrected chi connectivity index (χ0v) is 13.4. The highest BCUT2D eigenvalue weighted by molar-refractivity contribution is 6.09. The van der Waals surface area contributed by atoms with Crippen LogP contribution in [0.4, 0.5) is 0 Å². The SMILES string of the molecule is CCCCC(C(=O)NO)N1C(=O)C(O)=C(C(C)=O)C1c1ncc[nH]1. The van der Waals surface area contributed by atoms with Crippen LogP contribution in [0.1, 0.15) is 45.0 Å². The fourth-order valence-electron chi connectivity index (χ4n) is 2.87. The van der Waals surface area contributed by atoms with Gasteiger partial charge >= 0.3 is 0 Å². The Hall–Kier alpha value is -2.68. The van der Waals surface area contributed by atoms with Gasteiger partial charge in [-0.1, -0.05) is 19.8 Å². The number of aliphatic hydroxyl groups is 1. The van der Waals surface area contributed by atoms with Crippen molar-refractivity contribution in [1.82, 2.24) is 20.3 Å². The van der Waals surface area contributed by atoms with E-state index in [0.29, 0.717) is 6.42 Å². The Morgan fingerprint density at radius 3 is 2.71 bits per heavy atom. The van der Waals surface area contributed by atoms with Gasteiger partial charge in [-0.3, -0.25) is 19.6 Å². The van der Waals surface area contributed by atoms with Crippen LogP contribution in [0.15, 0.2) is 23.7 Å². The lowest BCUT2D eigenvalue weighted by Crippen LogP contribution is -2.49. The Morgan fingerprint density at radius 2 is 2.21 bits per heavy atom. The fraction of sp³-hybridized carbons (Fsp3) is 0.467. The van der Waals surface area contributed by atoms with Crippen molar-refractivity contribution in [3.05, 3.63) is 29.6 Å². The van der Waals surface area contributed by atoms with Crippen LogP contribution < -0.4 is 5.48 Å². The van der Waals surface area contributed by atoms with Crippen molar-refractivity contribution in [1.29, 1.82) is 0 Å². The summed E-state index contributed by atoms with van der Waals surface area (Å²) < 4.78 is 0. The number of carbonyl (C=O) groups is 3. The quantitative estimate of drug-likeness (QED) is 0.429. The van der Waals surface area contributed by atoms with Crippen LogP contribution in [-0.2, 0) is 14.4 Å². The predicted molar refractivity (Wildman–Crippen MR) is 81.8 cm³/mol. The van der Waals surface area contributed by atoms with Crippen molar-refractivity contribution < 1.29 is 24.7 Å². The van der Waals surface area contributed by atoms with E-state index in [2.05, 4.69) is 9.97 Å². The predicted octanol–water partition coefficient (Wildman–Crippen LogP) is 0.758. The molecule has 0 saturated carbocycles. The lowest BCUT2D eigenvalue weighted by Gasteiger charge is -2.31. The maximum Gasteiger partial charge on any atom is 0.290 e. The second-order valence-electron chi connectivity index (χ2n) is 5.54. The van der Waals surface area contributed by atoms with Crippen LogP contribution >= 0.6 is 0 Å². The minimum Gasteiger partial charge on any atom is -0.503 e. The molecule has 2 heterocycles. The van der Waals surface area contributed by atoms with Crippen molar-refractivity contribution in [2.75, 3.05) is 0 Å². The molecule has 0 spiro atoms. The number of aromatic nitrogens is 2. The summed E-state index contributed by atoms with van der Waals surface area (Å²) in [6, 6.07) is -2.05. The standard InChI is InChI=1S/C15H20N4O5/c1-3-4-5-9(14(22)18-24)19-11(13-16-6-7-17-13)10(8(2)20)12(21)15(19)23/h6-7,9,11,21,24H,3-5H2,1-2H3,(H,16,17)(H,18,22). The number of hydrogen-bond donors (Lipinski definition) is 4. The Bertz CT molecular complexity index is 667. The summed E-state index contributed by atoms with van der Waals surface area (Å²) >= 11 is 0. The molecule has 9 heteroatoms. The lowest BCUT2D eigenvalue weighted by molar-refractivity contribution is -0.144. The summed E-state index contributed by atoms with van der Waals surface area (Å²) in [4.78, 5) is 44.5. The van der Waals surface area contributed by atoms with Gasteiger partial charge in [-0.25, -0.2) is 10.5 Å². The van der Waals surface area contributed by atoms with E-state index in [9.17, 15) is 19.5 Å². The molecule has 24 heavy (non-hydrogen) atoms. The summed E-state index contributed by atoms with van der Waals surface area (Å²) in [6.45, 7) is 3.14. The van der Waals surface area contributed by atoms with E-state index >= 15 is 0 Å². The van der Waals surface area contributed by atoms with Crippen molar-refractivity contribution >= 4 is 17.6 Å². The average Bonchev–Trinajstić information content (AvgIpc) is 3.16. The van der Waals surface area contributed by atoms with Gasteiger partial charge < -0.3 is 15.0 Å². The molecule has 2 amide bonds. The summed E-state index contributed by atoms with van der Waals surface area (Å²) in [5.41, 5.74) is 1.42. The number of hydroxylamine groups is 1. The number of imidazole rings is 1. The monoisotopic (exact) mass is 336 g/mol. The zero-order chi connectivity index (χ0) is 17.9. The molecular weight excluding hydrogens is 316 g/mol. The Kier molecular flexibility index (Phi) is 5.35. The van der Waals surface area contributed by atoms with E-state index < -0.39 is 35.4 Å². The van der Waals surface area contributed by atoms with E-state index in [4.69, 9.17) is 5.21 Å². The molecule has 0 aliphatic carbocycles. The average molecular weight is 336 g/mol. The second kappa shape index (κ2) is 7.26. The van der Waals surface area contributed by atoms with Gasteiger partial charge in [0.2, 0.25) is 0 Å². The molecule has 2 rings (SSSR count). The minimum atomic E-state index is -1.04. The molecular formula is C15H20N4O5. The summed E-state index contributed by atoms with van der Waals surface area (Å²) in [5.74, 6) is -2.57. The Morgan fingerprint density at radius 1 is 1.50 bits per heavy atom. The number of aliphatic hydroxyl groups excluding tert-OH is 1. The molecule has 0 aromatic carbocycles. The van der Waals surface area contributed by atoms with E-state index in [-0.39, 0.29) is 17.8 Å². The number of H-pyrrole nitrogens is 1. The van der Waals surface area contributed by atoms with E-state index in [1.54, 1.807) is 5.48 Å². The van der Waals surface area contributed by atoms with Gasteiger partial charge in [-0.2, -0.15) is 0 Å². The lowest BCUT2D eigenvalue weighted by atomic mass is 10.0. The second-order valence-corrected chi connectivity index (χ2v) is 5.54. The molecule has 4 N–H and O–H groups in total. The Labute approximate surface area is 138 Å². The normalized spacial score (nSPS) is 18.9. The smallest absolute Gasteiger partial charge is 0.290 e. The largest absolute Gasteiger partial charge is 0.503 e. The van der Waals surface area contributed by atoms with Crippen LogP contribution in [0, 0.1) is 0 Å². The van der Waals surface area contributed by atoms with Crippen molar-refractivity contribution in [3.8, 4) is 0 Å². The number of aromatic amines is 1. The number of Topliss-reactive ketones (excluding diaryl/α,β-unsaturated/α-hetero) is 1. The van der Waals surface area contributed by atoms with Gasteiger partial charge in [-0.15, -0.1) is 0 Å². The summed E-state index contributed by atoms with van der Waals surface area (Å²) in [5, 5.41) is 19.1. The van der Waals surface area contributed by atoms with Gasteiger partial charge in [0.05, 0.1) is 5.57 Å². The first-order valence-electron chi connectivity index (χ1n) is 7.63. The highest BCUT2D eigenvalue weighted by atomic mass is 16.5. The van der Waals surface area contributed by atoms with Crippen LogP contribution in [0.3, 0.4) is 0 Å². The van der Waals surface area contributed by atoms with Crippen LogP contribution in [-0.4, -0.2) is 48.8 Å². The molecule has 1 aromatic heterocycles. The number of hydrogen-bond acceptors (Lipinski definition) is 6. The highest BCUT2D eigenvalue weighted by Gasteiger charge is 2.48. The third-order valence-electron chi connectivity index (χ3n) is 3.98. The van der Waals surface area contributed by atoms with Gasteiger partial charge in [-0.05, 0) is 13.3 Å². The van der Waals surface area contributed by atoms with E-state index in [1.165, 1.54) is 19.3 Å². The third-order valence-corrected chi connectivity index (χ3v) is 3.98. The number of ketones is 1. The molecule has 2 unspecified atom stereocenters. The molecule has 0 radical (unpaired) electrons. The van der Waals surface area contributed by atoms with Crippen LogP contribution in [0.5, 0.6) is 0 Å². The highest BCUT2D eigenvalue weighted by Crippen LogP contribution is 2.38. The third kappa shape index (κ3) is 3.02. The first-order valence-corrected chi connectivity index (χ1v) is 7.63. The fourth-order valence-corrected chi connectivity index (χ4v) is 2.87. The van der Waals surface area contributed by atoms with Gasteiger partial charge in [0, 0.05) is 12.4 Å². The Balaban J connectivity index is 2.51. The maximum atomic E-state index is 12.5. The first kappa shape index (κ1) is 17.7. The first-order chi connectivity index (χ1) is 11.4. The van der Waals surface area contributed by atoms with Crippen molar-refractivity contribution in [3.63, 3.8) is 0 Å².